The van der Waals surface area contributed by atoms with Crippen LogP contribution in [0.25, 0.3) is 0 Å². The molecule has 0 aromatic heterocycles. The van der Waals surface area contributed by atoms with Crippen molar-refractivity contribution >= 4 is 17.5 Å². The van der Waals surface area contributed by atoms with Crippen LogP contribution < -0.4 is 16.0 Å². The first-order chi connectivity index (χ1) is 11.3. The molecule has 1 aromatic carbocycles. The number of hydrogen-bond donors (Lipinski definition) is 2. The number of rotatable bonds is 5. The number of nitrogens with one attached hydrogen (secondary N) is 1. The van der Waals surface area contributed by atoms with E-state index in [-0.39, 0.29) is 30.6 Å². The van der Waals surface area contributed by atoms with Crippen molar-refractivity contribution in [3.63, 3.8) is 0 Å². The highest BCUT2D eigenvalue weighted by molar-refractivity contribution is 5.85. The van der Waals surface area contributed by atoms with Crippen LogP contribution in [-0.4, -0.2) is 55.0 Å². The molecule has 0 bridgehead atoms. The molecule has 0 saturated carbocycles. The van der Waals surface area contributed by atoms with E-state index in [1.807, 2.05) is 0 Å². The first kappa shape index (κ1) is 18.2. The van der Waals surface area contributed by atoms with Crippen LogP contribution in [0.15, 0.2) is 24.3 Å². The Balaban J connectivity index is 1.74. The summed E-state index contributed by atoms with van der Waals surface area (Å²) in [7, 11) is 0. The van der Waals surface area contributed by atoms with Crippen LogP contribution in [0.3, 0.4) is 0 Å². The number of nitrogens with two attached hydrogens (primary N) is 1. The van der Waals surface area contributed by atoms with Crippen molar-refractivity contribution in [2.75, 3.05) is 37.6 Å². The predicted octanol–water partition coefficient (Wildman–Crippen LogP) is 0.718. The Kier molecular flexibility index (Phi) is 5.77. The molecule has 0 unspecified atom stereocenters. The molecule has 2 amide bonds. The first-order valence-electron chi connectivity index (χ1n) is 8.13. The molecule has 0 spiro atoms. The van der Waals surface area contributed by atoms with E-state index >= 15 is 0 Å². The normalized spacial score (nSPS) is 15.3. The van der Waals surface area contributed by atoms with Crippen LogP contribution in [0.1, 0.15) is 20.3 Å². The Morgan fingerprint density at radius 3 is 2.29 bits per heavy atom. The molecule has 1 heterocycles. The monoisotopic (exact) mass is 336 g/mol. The lowest BCUT2D eigenvalue weighted by atomic mass is 10.1. The molecule has 6 nitrogen and oxygen atoms in total. The smallest absolute Gasteiger partial charge is 0.239 e. The van der Waals surface area contributed by atoms with Crippen LogP contribution in [0, 0.1) is 5.82 Å². The summed E-state index contributed by atoms with van der Waals surface area (Å²) < 4.78 is 13.0. The number of carbonyl (C=O) groups excluding carboxylic acids is 2. The second-order valence-corrected chi connectivity index (χ2v) is 6.57. The SMILES string of the molecule is CC(C)(N)C(=O)NCCC(=O)N1CCN(c2ccc(F)cc2)CC1. The summed E-state index contributed by atoms with van der Waals surface area (Å²) in [4.78, 5) is 27.8. The van der Waals surface area contributed by atoms with Gasteiger partial charge in [-0.15, -0.1) is 0 Å². The second-order valence-electron chi connectivity index (χ2n) is 6.57. The zero-order chi connectivity index (χ0) is 17.7. The molecule has 132 valence electrons. The summed E-state index contributed by atoms with van der Waals surface area (Å²) in [6.07, 6.45) is 0.262. The molecule has 1 aliphatic rings. The van der Waals surface area contributed by atoms with Gasteiger partial charge in [0.05, 0.1) is 5.54 Å². The summed E-state index contributed by atoms with van der Waals surface area (Å²) in [5.41, 5.74) is 5.70. The number of carbonyl (C=O) groups is 2. The lowest BCUT2D eigenvalue weighted by molar-refractivity contribution is -0.131. The third-order valence-corrected chi connectivity index (χ3v) is 4.03. The number of piperazine rings is 1. The standard InChI is InChI=1S/C17H25FN4O2/c1-17(2,19)16(24)20-8-7-15(23)22-11-9-21(10-12-22)14-5-3-13(18)4-6-14/h3-6H,7-12,19H2,1-2H3,(H,20,24). The number of halogens is 1. The summed E-state index contributed by atoms with van der Waals surface area (Å²) in [5.74, 6) is -0.504. The number of anilines is 1. The lowest BCUT2D eigenvalue weighted by Gasteiger charge is -2.36. The highest BCUT2D eigenvalue weighted by atomic mass is 19.1. The van der Waals surface area contributed by atoms with Gasteiger partial charge in [0, 0.05) is 44.8 Å². The fourth-order valence-corrected chi connectivity index (χ4v) is 2.53. The van der Waals surface area contributed by atoms with Crippen molar-refractivity contribution in [3.05, 3.63) is 30.1 Å². The van der Waals surface area contributed by atoms with Crippen LogP contribution in [0.4, 0.5) is 10.1 Å². The molecule has 0 atom stereocenters. The molecule has 1 aliphatic heterocycles. The number of amides is 2. The van der Waals surface area contributed by atoms with Gasteiger partial charge in [-0.1, -0.05) is 0 Å². The van der Waals surface area contributed by atoms with Gasteiger partial charge < -0.3 is 20.9 Å². The molecule has 24 heavy (non-hydrogen) atoms. The third kappa shape index (κ3) is 4.92. The van der Waals surface area contributed by atoms with Crippen molar-refractivity contribution < 1.29 is 14.0 Å². The third-order valence-electron chi connectivity index (χ3n) is 4.03. The van der Waals surface area contributed by atoms with E-state index in [0.29, 0.717) is 26.2 Å². The Bertz CT molecular complexity index is 575. The largest absolute Gasteiger partial charge is 0.368 e. The quantitative estimate of drug-likeness (QED) is 0.830. The van der Waals surface area contributed by atoms with Crippen molar-refractivity contribution in [3.8, 4) is 0 Å². The van der Waals surface area contributed by atoms with E-state index in [2.05, 4.69) is 10.2 Å². The average molecular weight is 336 g/mol. The molecule has 1 saturated heterocycles. The predicted molar refractivity (Wildman–Crippen MR) is 91.1 cm³/mol. The maximum absolute atomic E-state index is 13.0. The van der Waals surface area contributed by atoms with Gasteiger partial charge in [0.25, 0.3) is 0 Å². The van der Waals surface area contributed by atoms with Gasteiger partial charge in [0.2, 0.25) is 11.8 Å². The highest BCUT2D eigenvalue weighted by Gasteiger charge is 2.23. The second kappa shape index (κ2) is 7.61. The molecular formula is C17H25FN4O2. The molecule has 2 rings (SSSR count). The topological polar surface area (TPSA) is 78.7 Å². The molecule has 1 fully saturated rings. The molecule has 0 radical (unpaired) electrons. The number of nitrogens with zero attached hydrogens (tertiary/aromatic N) is 2. The van der Waals surface area contributed by atoms with Gasteiger partial charge in [-0.25, -0.2) is 4.39 Å². The average Bonchev–Trinajstić information content (AvgIpc) is 2.54. The van der Waals surface area contributed by atoms with Crippen LogP contribution >= 0.6 is 0 Å². The maximum atomic E-state index is 13.0. The van der Waals surface area contributed by atoms with Crippen LogP contribution in [0.2, 0.25) is 0 Å². The zero-order valence-corrected chi connectivity index (χ0v) is 14.2. The first-order valence-corrected chi connectivity index (χ1v) is 8.13. The van der Waals surface area contributed by atoms with E-state index in [4.69, 9.17) is 5.73 Å². The zero-order valence-electron chi connectivity index (χ0n) is 14.2. The van der Waals surface area contributed by atoms with E-state index in [1.165, 1.54) is 12.1 Å². The minimum Gasteiger partial charge on any atom is -0.368 e. The Morgan fingerprint density at radius 1 is 1.17 bits per heavy atom. The van der Waals surface area contributed by atoms with E-state index in [9.17, 15) is 14.0 Å². The van der Waals surface area contributed by atoms with E-state index in [1.54, 1.807) is 30.9 Å². The molecular weight excluding hydrogens is 311 g/mol. The van der Waals surface area contributed by atoms with E-state index < -0.39 is 5.54 Å². The number of hydrogen-bond acceptors (Lipinski definition) is 4. The van der Waals surface area contributed by atoms with Gasteiger partial charge in [0.1, 0.15) is 5.82 Å². The summed E-state index contributed by atoms with van der Waals surface area (Å²) in [6.45, 7) is 6.19. The van der Waals surface area contributed by atoms with Gasteiger partial charge in [0.15, 0.2) is 0 Å². The van der Waals surface area contributed by atoms with Gasteiger partial charge >= 0.3 is 0 Å². The molecule has 7 heteroatoms. The Morgan fingerprint density at radius 2 is 1.75 bits per heavy atom. The summed E-state index contributed by atoms with van der Waals surface area (Å²) in [5, 5.41) is 2.68. The van der Waals surface area contributed by atoms with Gasteiger partial charge in [-0.3, -0.25) is 9.59 Å². The fraction of sp³-hybridized carbons (Fsp3) is 0.529. The summed E-state index contributed by atoms with van der Waals surface area (Å²) in [6, 6.07) is 6.37. The van der Waals surface area contributed by atoms with Crippen molar-refractivity contribution in [2.24, 2.45) is 5.73 Å². The molecule has 1 aromatic rings. The fourth-order valence-electron chi connectivity index (χ4n) is 2.53. The Labute approximate surface area is 141 Å². The summed E-state index contributed by atoms with van der Waals surface area (Å²) >= 11 is 0. The minimum atomic E-state index is -0.941. The van der Waals surface area contributed by atoms with Crippen LogP contribution in [0.5, 0.6) is 0 Å². The van der Waals surface area contributed by atoms with E-state index in [0.717, 1.165) is 5.69 Å². The van der Waals surface area contributed by atoms with Crippen LogP contribution in [-0.2, 0) is 9.59 Å². The van der Waals surface area contributed by atoms with Crippen molar-refractivity contribution in [1.29, 1.82) is 0 Å². The number of benzene rings is 1. The van der Waals surface area contributed by atoms with Crippen molar-refractivity contribution in [2.45, 2.75) is 25.8 Å². The van der Waals surface area contributed by atoms with Crippen molar-refractivity contribution in [1.82, 2.24) is 10.2 Å². The molecule has 0 aliphatic carbocycles. The Hall–Kier alpha value is -2.15. The van der Waals surface area contributed by atoms with Gasteiger partial charge in [-0.2, -0.15) is 0 Å². The van der Waals surface area contributed by atoms with Gasteiger partial charge in [-0.05, 0) is 38.1 Å². The highest BCUT2D eigenvalue weighted by Crippen LogP contribution is 2.17. The minimum absolute atomic E-state index is 0.0175. The maximum Gasteiger partial charge on any atom is 0.239 e. The molecule has 3 N–H and O–H groups in total. The lowest BCUT2D eigenvalue weighted by Crippen LogP contribution is -2.51.